The van der Waals surface area contributed by atoms with Gasteiger partial charge in [0.1, 0.15) is 11.9 Å². The number of hydrogen-bond acceptors (Lipinski definition) is 9. The summed E-state index contributed by atoms with van der Waals surface area (Å²) in [6, 6.07) is 18.7. The van der Waals surface area contributed by atoms with Gasteiger partial charge in [0.05, 0.1) is 13.2 Å². The lowest BCUT2D eigenvalue weighted by molar-refractivity contribution is -0.130. The predicted molar refractivity (Wildman–Crippen MR) is 171 cm³/mol. The van der Waals surface area contributed by atoms with Crippen molar-refractivity contribution in [3.63, 3.8) is 0 Å². The highest BCUT2D eigenvalue weighted by atomic mass is 16.5. The van der Waals surface area contributed by atoms with Crippen molar-refractivity contribution in [2.45, 2.75) is 38.1 Å². The predicted octanol–water partition coefficient (Wildman–Crippen LogP) is 3.20. The van der Waals surface area contributed by atoms with Crippen LogP contribution in [-0.4, -0.2) is 76.3 Å². The largest absolute Gasteiger partial charge is 0.378 e. The maximum absolute atomic E-state index is 13.6. The van der Waals surface area contributed by atoms with Crippen molar-refractivity contribution in [2.24, 2.45) is 17.6 Å². The molecule has 1 aliphatic carbocycles. The van der Waals surface area contributed by atoms with E-state index in [1.165, 1.54) is 0 Å². The number of nitrogens with two attached hydrogens (primary N) is 1. The summed E-state index contributed by atoms with van der Waals surface area (Å²) in [5.41, 5.74) is 10.3. The van der Waals surface area contributed by atoms with E-state index < -0.39 is 6.04 Å². The van der Waals surface area contributed by atoms with Crippen molar-refractivity contribution >= 4 is 23.3 Å². The molecule has 0 bridgehead atoms. The quantitative estimate of drug-likeness (QED) is 0.211. The number of anilines is 2. The van der Waals surface area contributed by atoms with Crippen LogP contribution in [0.5, 0.6) is 0 Å². The molecule has 234 valence electrons. The topological polar surface area (TPSA) is 164 Å². The molecule has 3 heterocycles. The van der Waals surface area contributed by atoms with Gasteiger partial charge in [-0.3, -0.25) is 9.59 Å². The Kier molecular flexibility index (Phi) is 9.71. The molecule has 4 aromatic rings. The molecule has 0 spiro atoms. The van der Waals surface area contributed by atoms with E-state index in [0.717, 1.165) is 66.8 Å². The van der Waals surface area contributed by atoms with Crippen LogP contribution in [0.1, 0.15) is 31.2 Å². The first-order chi connectivity index (χ1) is 22.1. The van der Waals surface area contributed by atoms with Gasteiger partial charge in [-0.1, -0.05) is 24.3 Å². The molecule has 1 saturated heterocycles. The fraction of sp³-hybridized carbons (Fsp3) is 0.394. The molecule has 12 nitrogen and oxygen atoms in total. The number of hydrogen-bond donors (Lipinski definition) is 4. The number of aromatic amines is 1. The number of rotatable bonds is 10. The van der Waals surface area contributed by atoms with Crippen molar-refractivity contribution in [1.82, 2.24) is 30.9 Å². The van der Waals surface area contributed by atoms with Gasteiger partial charge in [0.2, 0.25) is 17.6 Å². The SMILES string of the molecule is NCC1CCC(C(=O)N[C@@H](Cc2ccc(-c3ccnc(N4CCOCC4)c3)cc2)C(=O)Nc2ccc(-c3nn[nH]n3)cc2)CC1. The summed E-state index contributed by atoms with van der Waals surface area (Å²) in [7, 11) is 0. The normalized spacial score (nSPS) is 19.1. The molecule has 1 saturated carbocycles. The third kappa shape index (κ3) is 7.70. The molecule has 45 heavy (non-hydrogen) atoms. The van der Waals surface area contributed by atoms with E-state index in [1.54, 1.807) is 12.1 Å². The molecule has 2 aliphatic rings. The monoisotopic (exact) mass is 609 g/mol. The summed E-state index contributed by atoms with van der Waals surface area (Å²) in [6.45, 7) is 3.69. The first-order valence-electron chi connectivity index (χ1n) is 15.6. The number of pyridine rings is 1. The van der Waals surface area contributed by atoms with E-state index in [4.69, 9.17) is 10.5 Å². The highest BCUT2D eigenvalue weighted by molar-refractivity contribution is 5.97. The van der Waals surface area contributed by atoms with Crippen LogP contribution in [-0.2, 0) is 20.7 Å². The number of carbonyl (C=O) groups excluding carboxylic acids is 2. The number of benzene rings is 2. The zero-order valence-electron chi connectivity index (χ0n) is 25.2. The van der Waals surface area contributed by atoms with Gasteiger partial charge in [0.25, 0.3) is 0 Å². The van der Waals surface area contributed by atoms with Gasteiger partial charge in [-0.05, 0) is 96.4 Å². The zero-order chi connectivity index (χ0) is 31.0. The summed E-state index contributed by atoms with van der Waals surface area (Å²) >= 11 is 0. The van der Waals surface area contributed by atoms with Gasteiger partial charge in [0.15, 0.2) is 0 Å². The Hall–Kier alpha value is -4.68. The summed E-state index contributed by atoms with van der Waals surface area (Å²) in [5.74, 6) is 1.39. The second-order valence-corrected chi connectivity index (χ2v) is 11.7. The lowest BCUT2D eigenvalue weighted by atomic mass is 9.81. The molecule has 2 fully saturated rings. The van der Waals surface area contributed by atoms with E-state index in [-0.39, 0.29) is 17.7 Å². The lowest BCUT2D eigenvalue weighted by Gasteiger charge is -2.28. The van der Waals surface area contributed by atoms with Crippen LogP contribution in [0.2, 0.25) is 0 Å². The lowest BCUT2D eigenvalue weighted by Crippen LogP contribution is -2.48. The minimum atomic E-state index is -0.749. The maximum atomic E-state index is 13.6. The van der Waals surface area contributed by atoms with Gasteiger partial charge < -0.3 is 26.0 Å². The summed E-state index contributed by atoms with van der Waals surface area (Å²) in [4.78, 5) is 33.8. The standard InChI is InChI=1S/C33H39N9O3/c34-21-23-3-7-26(8-4-23)32(43)37-29(33(44)36-28-11-9-25(10-12-28)31-38-40-41-39-31)19-22-1-5-24(6-2-22)27-13-14-35-30(20-27)42-15-17-45-18-16-42/h1-2,5-6,9-14,20,23,26,29H,3-4,7-8,15-19,21,34H2,(H,36,44)(H,37,43)(H,38,39,40,41)/t23?,26?,29-/m0/s1. The smallest absolute Gasteiger partial charge is 0.247 e. The minimum Gasteiger partial charge on any atom is -0.378 e. The third-order valence-electron chi connectivity index (χ3n) is 8.75. The van der Waals surface area contributed by atoms with Crippen LogP contribution in [0.4, 0.5) is 11.5 Å². The molecule has 1 atom stereocenters. The number of carbonyl (C=O) groups is 2. The van der Waals surface area contributed by atoms with E-state index in [0.29, 0.717) is 43.6 Å². The van der Waals surface area contributed by atoms with Gasteiger partial charge in [0, 0.05) is 42.9 Å². The maximum Gasteiger partial charge on any atom is 0.247 e. The Morgan fingerprint density at radius 1 is 0.956 bits per heavy atom. The van der Waals surface area contributed by atoms with E-state index in [2.05, 4.69) is 59.3 Å². The summed E-state index contributed by atoms with van der Waals surface area (Å²) < 4.78 is 5.48. The molecule has 2 amide bonds. The molecular weight excluding hydrogens is 570 g/mol. The number of ether oxygens (including phenoxy) is 1. The number of nitrogens with one attached hydrogen (secondary N) is 3. The molecule has 0 unspecified atom stereocenters. The summed E-state index contributed by atoms with van der Waals surface area (Å²) in [5, 5.41) is 20.1. The Morgan fingerprint density at radius 2 is 1.69 bits per heavy atom. The summed E-state index contributed by atoms with van der Waals surface area (Å²) in [6.07, 6.45) is 5.62. The Balaban J connectivity index is 1.16. The Morgan fingerprint density at radius 3 is 2.38 bits per heavy atom. The fourth-order valence-corrected chi connectivity index (χ4v) is 6.01. The zero-order valence-corrected chi connectivity index (χ0v) is 25.2. The number of H-pyrrole nitrogens is 1. The van der Waals surface area contributed by atoms with Crippen molar-refractivity contribution in [2.75, 3.05) is 43.1 Å². The number of tetrazole rings is 1. The van der Waals surface area contributed by atoms with Gasteiger partial charge in [-0.15, -0.1) is 10.2 Å². The Labute approximate surface area is 262 Å². The molecule has 2 aromatic carbocycles. The van der Waals surface area contributed by atoms with Crippen molar-refractivity contribution in [1.29, 1.82) is 0 Å². The van der Waals surface area contributed by atoms with Crippen LogP contribution in [0.15, 0.2) is 66.9 Å². The van der Waals surface area contributed by atoms with Crippen molar-refractivity contribution < 1.29 is 14.3 Å². The molecular formula is C33H39N9O3. The second kappa shape index (κ2) is 14.4. The molecule has 1 aliphatic heterocycles. The number of nitrogens with zero attached hydrogens (tertiary/aromatic N) is 5. The van der Waals surface area contributed by atoms with Gasteiger partial charge >= 0.3 is 0 Å². The van der Waals surface area contributed by atoms with Crippen LogP contribution >= 0.6 is 0 Å². The molecule has 5 N–H and O–H groups in total. The molecule has 12 heteroatoms. The van der Waals surface area contributed by atoms with E-state index in [9.17, 15) is 9.59 Å². The highest BCUT2D eigenvalue weighted by Crippen LogP contribution is 2.29. The minimum absolute atomic E-state index is 0.0814. The first kappa shape index (κ1) is 30.4. The second-order valence-electron chi connectivity index (χ2n) is 11.7. The van der Waals surface area contributed by atoms with Crippen LogP contribution in [0.3, 0.4) is 0 Å². The average Bonchev–Trinajstić information content (AvgIpc) is 3.64. The average molecular weight is 610 g/mol. The Bertz CT molecular complexity index is 1550. The van der Waals surface area contributed by atoms with Crippen LogP contribution in [0, 0.1) is 11.8 Å². The van der Waals surface area contributed by atoms with Crippen LogP contribution in [0.25, 0.3) is 22.5 Å². The van der Waals surface area contributed by atoms with Crippen molar-refractivity contribution in [3.05, 3.63) is 72.4 Å². The van der Waals surface area contributed by atoms with Crippen molar-refractivity contribution in [3.8, 4) is 22.5 Å². The third-order valence-corrected chi connectivity index (χ3v) is 8.75. The first-order valence-corrected chi connectivity index (χ1v) is 15.6. The number of morpholine rings is 1. The fourth-order valence-electron chi connectivity index (χ4n) is 6.01. The molecule has 2 aromatic heterocycles. The van der Waals surface area contributed by atoms with Gasteiger partial charge in [-0.2, -0.15) is 5.21 Å². The molecule has 0 radical (unpaired) electrons. The van der Waals surface area contributed by atoms with Gasteiger partial charge in [-0.25, -0.2) is 4.98 Å². The van der Waals surface area contributed by atoms with Crippen LogP contribution < -0.4 is 21.3 Å². The highest BCUT2D eigenvalue weighted by Gasteiger charge is 2.29. The van der Waals surface area contributed by atoms with E-state index in [1.807, 2.05) is 36.5 Å². The number of amides is 2. The number of aromatic nitrogens is 5. The molecule has 6 rings (SSSR count). The van der Waals surface area contributed by atoms with E-state index >= 15 is 0 Å².